The summed E-state index contributed by atoms with van der Waals surface area (Å²) >= 11 is 0. The average molecular weight is 356 g/mol. The molecule has 0 spiro atoms. The molecule has 0 fully saturated rings. The zero-order chi connectivity index (χ0) is 18.6. The third kappa shape index (κ3) is 3.62. The molecule has 0 aliphatic carbocycles. The number of esters is 1. The van der Waals surface area contributed by atoms with E-state index in [-0.39, 0.29) is 12.4 Å². The van der Waals surface area contributed by atoms with Gasteiger partial charge in [0.05, 0.1) is 16.6 Å². The van der Waals surface area contributed by atoms with Crippen LogP contribution >= 0.6 is 0 Å². The lowest BCUT2D eigenvalue weighted by atomic mass is 10.1. The first-order valence-electron chi connectivity index (χ1n) is 8.51. The van der Waals surface area contributed by atoms with Crippen molar-refractivity contribution in [1.82, 2.24) is 9.97 Å². The predicted molar refractivity (Wildman–Crippen MR) is 103 cm³/mol. The zero-order valence-electron chi connectivity index (χ0n) is 14.4. The van der Waals surface area contributed by atoms with Gasteiger partial charge in [-0.05, 0) is 18.2 Å². The fourth-order valence-electron chi connectivity index (χ4n) is 2.79. The molecule has 0 aliphatic rings. The maximum Gasteiger partial charge on any atom is 0.338 e. The second-order valence-electron chi connectivity index (χ2n) is 6.05. The predicted octanol–water partition coefficient (Wildman–Crippen LogP) is 4.27. The van der Waals surface area contributed by atoms with Gasteiger partial charge in [-0.1, -0.05) is 60.7 Å². The second-order valence-corrected chi connectivity index (χ2v) is 6.05. The number of nitrogens with one attached hydrogen (secondary N) is 1. The first-order chi connectivity index (χ1) is 13.2. The number of benzene rings is 3. The van der Waals surface area contributed by atoms with Crippen LogP contribution in [0.4, 0.5) is 0 Å². The van der Waals surface area contributed by atoms with Gasteiger partial charge >= 0.3 is 5.97 Å². The highest BCUT2D eigenvalue weighted by molar-refractivity contribution is 6.00. The van der Waals surface area contributed by atoms with Crippen LogP contribution in [0.2, 0.25) is 0 Å². The Labute approximate surface area is 155 Å². The van der Waals surface area contributed by atoms with E-state index in [9.17, 15) is 9.59 Å². The summed E-state index contributed by atoms with van der Waals surface area (Å²) < 4.78 is 5.16. The van der Waals surface area contributed by atoms with E-state index >= 15 is 0 Å². The molecule has 27 heavy (non-hydrogen) atoms. The number of Topliss-reactive ketones (excluding diaryl/α,β-unsaturated/α-hetero) is 1. The number of rotatable bonds is 5. The minimum Gasteiger partial charge on any atom is -0.454 e. The van der Waals surface area contributed by atoms with Crippen LogP contribution in [-0.2, 0) is 4.74 Å². The topological polar surface area (TPSA) is 72.1 Å². The van der Waals surface area contributed by atoms with Crippen molar-refractivity contribution in [3.63, 3.8) is 0 Å². The first kappa shape index (κ1) is 16.7. The lowest BCUT2D eigenvalue weighted by Crippen LogP contribution is -2.14. The van der Waals surface area contributed by atoms with E-state index in [2.05, 4.69) is 9.97 Å². The molecule has 0 bridgehead atoms. The van der Waals surface area contributed by atoms with Crippen molar-refractivity contribution >= 4 is 22.8 Å². The molecule has 5 heteroatoms. The number of hydrogen-bond acceptors (Lipinski definition) is 4. The Balaban J connectivity index is 1.50. The molecule has 0 atom stereocenters. The Kier molecular flexibility index (Phi) is 4.49. The summed E-state index contributed by atoms with van der Waals surface area (Å²) in [5.74, 6) is -0.0506. The minimum atomic E-state index is -0.544. The van der Waals surface area contributed by atoms with E-state index in [0.29, 0.717) is 11.1 Å². The number of aromatic amines is 1. The standard InChI is InChI=1S/C22H16N2O3/c25-20(15-7-3-1-4-8-15)14-27-22(26)17-11-12-18-19(13-17)24-21(23-18)16-9-5-2-6-10-16/h1-13H,14H2,(H,23,24). The van der Waals surface area contributed by atoms with Crippen molar-refractivity contribution in [2.24, 2.45) is 0 Å². The SMILES string of the molecule is O=C(COC(=O)c1ccc2nc(-c3ccccc3)[nH]c2c1)c1ccccc1. The Morgan fingerprint density at radius 3 is 2.30 bits per heavy atom. The second kappa shape index (κ2) is 7.25. The lowest BCUT2D eigenvalue weighted by molar-refractivity contribution is 0.0475. The number of hydrogen-bond donors (Lipinski definition) is 1. The van der Waals surface area contributed by atoms with E-state index in [1.54, 1.807) is 42.5 Å². The Hall–Kier alpha value is -3.73. The highest BCUT2D eigenvalue weighted by Gasteiger charge is 2.13. The number of fused-ring (bicyclic) bond motifs is 1. The average Bonchev–Trinajstić information content (AvgIpc) is 3.16. The molecule has 0 saturated carbocycles. The van der Waals surface area contributed by atoms with E-state index < -0.39 is 5.97 Å². The van der Waals surface area contributed by atoms with Gasteiger partial charge in [-0.15, -0.1) is 0 Å². The molecule has 5 nitrogen and oxygen atoms in total. The zero-order valence-corrected chi connectivity index (χ0v) is 14.4. The van der Waals surface area contributed by atoms with Crippen LogP contribution in [0.1, 0.15) is 20.7 Å². The molecule has 1 aromatic heterocycles. The molecular weight excluding hydrogens is 340 g/mol. The van der Waals surface area contributed by atoms with Crippen LogP contribution in [0.3, 0.4) is 0 Å². The lowest BCUT2D eigenvalue weighted by Gasteiger charge is -2.04. The monoisotopic (exact) mass is 356 g/mol. The Bertz CT molecular complexity index is 1100. The maximum absolute atomic E-state index is 12.3. The number of carbonyl (C=O) groups is 2. The highest BCUT2D eigenvalue weighted by atomic mass is 16.5. The molecule has 0 amide bonds. The van der Waals surface area contributed by atoms with Crippen molar-refractivity contribution in [3.8, 4) is 11.4 Å². The molecule has 0 unspecified atom stereocenters. The van der Waals surface area contributed by atoms with Gasteiger partial charge in [0.1, 0.15) is 5.82 Å². The van der Waals surface area contributed by atoms with Gasteiger partial charge < -0.3 is 9.72 Å². The van der Waals surface area contributed by atoms with Crippen LogP contribution < -0.4 is 0 Å². The van der Waals surface area contributed by atoms with Crippen molar-refractivity contribution in [2.45, 2.75) is 0 Å². The third-order valence-corrected chi connectivity index (χ3v) is 4.19. The smallest absolute Gasteiger partial charge is 0.338 e. The van der Waals surface area contributed by atoms with Gasteiger partial charge in [-0.2, -0.15) is 0 Å². The summed E-state index contributed by atoms with van der Waals surface area (Å²) in [5.41, 5.74) is 3.34. The number of aromatic nitrogens is 2. The summed E-state index contributed by atoms with van der Waals surface area (Å²) in [4.78, 5) is 32.1. The molecule has 0 radical (unpaired) electrons. The molecule has 0 saturated heterocycles. The summed E-state index contributed by atoms with van der Waals surface area (Å²) in [6, 6.07) is 23.6. The maximum atomic E-state index is 12.3. The van der Waals surface area contributed by atoms with E-state index in [1.165, 1.54) is 0 Å². The number of nitrogens with zero attached hydrogens (tertiary/aromatic N) is 1. The highest BCUT2D eigenvalue weighted by Crippen LogP contribution is 2.21. The van der Waals surface area contributed by atoms with E-state index in [4.69, 9.17) is 4.74 Å². The quantitative estimate of drug-likeness (QED) is 0.428. The van der Waals surface area contributed by atoms with Gasteiger partial charge in [0.2, 0.25) is 0 Å². The fraction of sp³-hybridized carbons (Fsp3) is 0.0455. The molecule has 4 aromatic rings. The number of carbonyl (C=O) groups excluding carboxylic acids is 2. The Morgan fingerprint density at radius 2 is 1.56 bits per heavy atom. The van der Waals surface area contributed by atoms with Crippen molar-refractivity contribution in [1.29, 1.82) is 0 Å². The fourth-order valence-corrected chi connectivity index (χ4v) is 2.79. The summed E-state index contributed by atoms with van der Waals surface area (Å²) in [7, 11) is 0. The van der Waals surface area contributed by atoms with Gasteiger partial charge in [-0.3, -0.25) is 4.79 Å². The van der Waals surface area contributed by atoms with Crippen LogP contribution in [0.15, 0.2) is 78.9 Å². The molecule has 132 valence electrons. The van der Waals surface area contributed by atoms with Gasteiger partial charge in [0.25, 0.3) is 0 Å². The van der Waals surface area contributed by atoms with Crippen LogP contribution in [0, 0.1) is 0 Å². The van der Waals surface area contributed by atoms with Gasteiger partial charge in [0, 0.05) is 11.1 Å². The molecule has 4 rings (SSSR count). The van der Waals surface area contributed by atoms with Gasteiger partial charge in [0.15, 0.2) is 12.4 Å². The third-order valence-electron chi connectivity index (χ3n) is 4.19. The molecule has 1 heterocycles. The summed E-state index contributed by atoms with van der Waals surface area (Å²) in [6.07, 6.45) is 0. The van der Waals surface area contributed by atoms with Crippen LogP contribution in [-0.4, -0.2) is 28.3 Å². The van der Waals surface area contributed by atoms with Gasteiger partial charge in [-0.25, -0.2) is 9.78 Å². The van der Waals surface area contributed by atoms with Crippen LogP contribution in [0.25, 0.3) is 22.4 Å². The summed E-state index contributed by atoms with van der Waals surface area (Å²) in [5, 5.41) is 0. The van der Waals surface area contributed by atoms with Crippen molar-refractivity contribution in [2.75, 3.05) is 6.61 Å². The largest absolute Gasteiger partial charge is 0.454 e. The molecule has 1 N–H and O–H groups in total. The number of H-pyrrole nitrogens is 1. The van der Waals surface area contributed by atoms with Crippen molar-refractivity contribution in [3.05, 3.63) is 90.0 Å². The molecule has 0 aliphatic heterocycles. The van der Waals surface area contributed by atoms with Crippen LogP contribution in [0.5, 0.6) is 0 Å². The first-order valence-corrected chi connectivity index (χ1v) is 8.51. The number of ketones is 1. The number of imidazole rings is 1. The molecule has 3 aromatic carbocycles. The summed E-state index contributed by atoms with van der Waals surface area (Å²) in [6.45, 7) is -0.293. The normalized spacial score (nSPS) is 10.7. The van der Waals surface area contributed by atoms with Crippen molar-refractivity contribution < 1.29 is 14.3 Å². The number of ether oxygens (including phenoxy) is 1. The van der Waals surface area contributed by atoms with E-state index in [0.717, 1.165) is 22.4 Å². The Morgan fingerprint density at radius 1 is 0.852 bits per heavy atom. The van der Waals surface area contributed by atoms with E-state index in [1.807, 2.05) is 36.4 Å². The molecular formula is C22H16N2O3. The minimum absolute atomic E-state index is 0.238.